The number of carboxylic acids is 1. The van der Waals surface area contributed by atoms with Crippen LogP contribution in [0.15, 0.2) is 0 Å². The van der Waals surface area contributed by atoms with Crippen LogP contribution in [0.2, 0.25) is 6.32 Å². The quantitative estimate of drug-likeness (QED) is 0.282. The van der Waals surface area contributed by atoms with E-state index in [9.17, 15) is 4.79 Å². The third-order valence-corrected chi connectivity index (χ3v) is 2.04. The number of halogens is 1. The lowest BCUT2D eigenvalue weighted by Gasteiger charge is -2.21. The standard InChI is InChI=1S/C7H16BNO5.ClH/c9-7(5-10,6(11)12)3-1-2-4-8(13)14;/h10,13-14H,1-5,9H2,(H,11,12);1H. The van der Waals surface area contributed by atoms with Gasteiger partial charge in [-0.15, -0.1) is 12.4 Å². The van der Waals surface area contributed by atoms with Crippen LogP contribution in [-0.2, 0) is 4.79 Å². The zero-order valence-electron chi connectivity index (χ0n) is 8.30. The molecule has 0 aliphatic rings. The molecule has 6 nitrogen and oxygen atoms in total. The molecule has 0 saturated carbocycles. The highest BCUT2D eigenvalue weighted by Crippen LogP contribution is 2.12. The first kappa shape index (κ1) is 17.1. The average molecular weight is 241 g/mol. The number of carboxylic acid groups (broad SMARTS) is 1. The van der Waals surface area contributed by atoms with E-state index in [1.807, 2.05) is 0 Å². The number of aliphatic hydroxyl groups excluding tert-OH is 1. The molecule has 0 aromatic rings. The average Bonchev–Trinajstić information content (AvgIpc) is 2.11. The molecule has 8 heteroatoms. The lowest BCUT2D eigenvalue weighted by atomic mass is 9.82. The Labute approximate surface area is 94.7 Å². The molecule has 6 N–H and O–H groups in total. The third-order valence-electron chi connectivity index (χ3n) is 2.04. The fourth-order valence-electron chi connectivity index (χ4n) is 1.02. The fourth-order valence-corrected chi connectivity index (χ4v) is 1.02. The van der Waals surface area contributed by atoms with Gasteiger partial charge in [-0.2, -0.15) is 0 Å². The van der Waals surface area contributed by atoms with E-state index in [0.29, 0.717) is 12.8 Å². The molecule has 0 aliphatic heterocycles. The molecule has 90 valence electrons. The smallest absolute Gasteiger partial charge is 0.451 e. The lowest BCUT2D eigenvalue weighted by molar-refractivity contribution is -0.145. The van der Waals surface area contributed by atoms with Gasteiger partial charge >= 0.3 is 13.1 Å². The molecule has 1 atom stereocenters. The van der Waals surface area contributed by atoms with Gasteiger partial charge in [0, 0.05) is 0 Å². The molecule has 1 unspecified atom stereocenters. The van der Waals surface area contributed by atoms with Crippen LogP contribution in [0.5, 0.6) is 0 Å². The summed E-state index contributed by atoms with van der Waals surface area (Å²) in [5, 5.41) is 34.4. The molecule has 15 heavy (non-hydrogen) atoms. The number of hydrogen-bond donors (Lipinski definition) is 5. The molecule has 0 saturated heterocycles. The van der Waals surface area contributed by atoms with Gasteiger partial charge in [-0.25, -0.2) is 0 Å². The molecular weight excluding hydrogens is 224 g/mol. The molecule has 0 aliphatic carbocycles. The number of rotatable bonds is 7. The highest BCUT2D eigenvalue weighted by molar-refractivity contribution is 6.40. The van der Waals surface area contributed by atoms with E-state index < -0.39 is 25.2 Å². The van der Waals surface area contributed by atoms with Gasteiger partial charge in [0.2, 0.25) is 0 Å². The van der Waals surface area contributed by atoms with E-state index in [1.54, 1.807) is 0 Å². The summed E-state index contributed by atoms with van der Waals surface area (Å²) in [5.41, 5.74) is 3.77. The summed E-state index contributed by atoms with van der Waals surface area (Å²) in [4.78, 5) is 10.6. The van der Waals surface area contributed by atoms with Gasteiger partial charge in [0.15, 0.2) is 0 Å². The summed E-state index contributed by atoms with van der Waals surface area (Å²) in [6.45, 7) is -0.621. The fraction of sp³-hybridized carbons (Fsp3) is 0.857. The number of carbonyl (C=O) groups is 1. The Morgan fingerprint density at radius 1 is 1.33 bits per heavy atom. The van der Waals surface area contributed by atoms with Gasteiger partial charge in [-0.05, 0) is 12.7 Å². The van der Waals surface area contributed by atoms with Crippen LogP contribution in [0.4, 0.5) is 0 Å². The zero-order chi connectivity index (χ0) is 11.2. The first-order valence-corrected chi connectivity index (χ1v) is 4.41. The van der Waals surface area contributed by atoms with Gasteiger partial charge in [-0.3, -0.25) is 4.79 Å². The summed E-state index contributed by atoms with van der Waals surface area (Å²) < 4.78 is 0. The van der Waals surface area contributed by atoms with Crippen LogP contribution < -0.4 is 5.73 Å². The van der Waals surface area contributed by atoms with E-state index in [-0.39, 0.29) is 25.1 Å². The Morgan fingerprint density at radius 3 is 2.20 bits per heavy atom. The van der Waals surface area contributed by atoms with Crippen molar-refractivity contribution >= 4 is 25.5 Å². The maximum Gasteiger partial charge on any atom is 0.451 e. The van der Waals surface area contributed by atoms with Gasteiger partial charge < -0.3 is 26.0 Å². The van der Waals surface area contributed by atoms with Crippen molar-refractivity contribution in [2.75, 3.05) is 6.61 Å². The molecular formula is C7H17BClNO5. The van der Waals surface area contributed by atoms with Gasteiger partial charge in [0.1, 0.15) is 5.54 Å². The largest absolute Gasteiger partial charge is 0.480 e. The predicted octanol–water partition coefficient (Wildman–Crippen LogP) is -1.17. The Kier molecular flexibility index (Phi) is 8.98. The molecule has 0 spiro atoms. The number of nitrogens with two attached hydrogens (primary N) is 1. The van der Waals surface area contributed by atoms with Crippen LogP contribution in [0, 0.1) is 0 Å². The SMILES string of the molecule is Cl.NC(CO)(CCCCB(O)O)C(=O)O. The monoisotopic (exact) mass is 241 g/mol. The van der Waals surface area contributed by atoms with Crippen LogP contribution in [-0.4, -0.2) is 45.5 Å². The maximum atomic E-state index is 10.6. The Morgan fingerprint density at radius 2 is 1.87 bits per heavy atom. The van der Waals surface area contributed by atoms with E-state index >= 15 is 0 Å². The molecule has 0 heterocycles. The van der Waals surface area contributed by atoms with Crippen molar-refractivity contribution in [1.29, 1.82) is 0 Å². The second-order valence-electron chi connectivity index (χ2n) is 3.35. The summed E-state index contributed by atoms with van der Waals surface area (Å²) >= 11 is 0. The Balaban J connectivity index is 0. The van der Waals surface area contributed by atoms with Crippen LogP contribution >= 0.6 is 12.4 Å². The topological polar surface area (TPSA) is 124 Å². The molecule has 0 fully saturated rings. The highest BCUT2D eigenvalue weighted by Gasteiger charge is 2.32. The molecule has 0 bridgehead atoms. The lowest BCUT2D eigenvalue weighted by Crippen LogP contribution is -2.51. The molecule has 0 rings (SSSR count). The number of aliphatic hydroxyl groups is 1. The van der Waals surface area contributed by atoms with Crippen molar-refractivity contribution < 1.29 is 25.1 Å². The molecule has 0 radical (unpaired) electrons. The van der Waals surface area contributed by atoms with E-state index in [0.717, 1.165) is 0 Å². The number of aliphatic carboxylic acids is 1. The van der Waals surface area contributed by atoms with Gasteiger partial charge in [0.05, 0.1) is 6.61 Å². The van der Waals surface area contributed by atoms with Crippen molar-refractivity contribution in [1.82, 2.24) is 0 Å². The Hall–Kier alpha value is -0.335. The van der Waals surface area contributed by atoms with E-state index in [2.05, 4.69) is 0 Å². The molecule has 0 aromatic heterocycles. The third kappa shape index (κ3) is 6.70. The van der Waals surface area contributed by atoms with Crippen molar-refractivity contribution in [3.05, 3.63) is 0 Å². The minimum atomic E-state index is -1.61. The molecule has 0 amide bonds. The van der Waals surface area contributed by atoms with Gasteiger partial charge in [0.25, 0.3) is 0 Å². The number of hydrogen-bond acceptors (Lipinski definition) is 5. The second kappa shape index (κ2) is 7.89. The summed E-state index contributed by atoms with van der Waals surface area (Å²) in [6.07, 6.45) is 1.19. The van der Waals surface area contributed by atoms with E-state index in [1.165, 1.54) is 0 Å². The van der Waals surface area contributed by atoms with E-state index in [4.69, 9.17) is 26.0 Å². The van der Waals surface area contributed by atoms with Crippen molar-refractivity contribution in [2.24, 2.45) is 5.73 Å². The summed E-state index contributed by atoms with van der Waals surface area (Å²) in [7, 11) is -1.37. The summed E-state index contributed by atoms with van der Waals surface area (Å²) in [5.74, 6) is -1.25. The van der Waals surface area contributed by atoms with Crippen molar-refractivity contribution in [2.45, 2.75) is 31.1 Å². The molecule has 0 aromatic carbocycles. The van der Waals surface area contributed by atoms with Crippen LogP contribution in [0.3, 0.4) is 0 Å². The normalized spacial score (nSPS) is 13.9. The maximum absolute atomic E-state index is 10.6. The van der Waals surface area contributed by atoms with Crippen LogP contribution in [0.25, 0.3) is 0 Å². The Bertz CT molecular complexity index is 194. The predicted molar refractivity (Wildman–Crippen MR) is 57.7 cm³/mol. The van der Waals surface area contributed by atoms with Gasteiger partial charge in [-0.1, -0.05) is 12.8 Å². The number of unbranched alkanes of at least 4 members (excludes halogenated alkanes) is 1. The highest BCUT2D eigenvalue weighted by atomic mass is 35.5. The van der Waals surface area contributed by atoms with Crippen molar-refractivity contribution in [3.63, 3.8) is 0 Å². The minimum Gasteiger partial charge on any atom is -0.480 e. The second-order valence-corrected chi connectivity index (χ2v) is 3.35. The van der Waals surface area contributed by atoms with Crippen molar-refractivity contribution in [3.8, 4) is 0 Å². The minimum absolute atomic E-state index is 0. The summed E-state index contributed by atoms with van der Waals surface area (Å²) in [6, 6.07) is 0. The first-order chi connectivity index (χ1) is 6.42. The first-order valence-electron chi connectivity index (χ1n) is 4.41. The zero-order valence-corrected chi connectivity index (χ0v) is 9.11. The van der Waals surface area contributed by atoms with Crippen LogP contribution in [0.1, 0.15) is 19.3 Å².